The van der Waals surface area contributed by atoms with Crippen LogP contribution in [0.5, 0.6) is 5.75 Å². The zero-order chi connectivity index (χ0) is 15.1. The number of rotatable bonds is 7. The number of para-hydroxylation sites is 2. The third-order valence-electron chi connectivity index (χ3n) is 2.99. The second kappa shape index (κ2) is 7.39. The molecular weight excluding hydrogens is 270 g/mol. The van der Waals surface area contributed by atoms with Gasteiger partial charge in [0.1, 0.15) is 17.9 Å². The Balaban J connectivity index is 1.82. The normalized spacial score (nSPS) is 10.4. The molecule has 2 rings (SSSR count). The number of aromatic nitrogens is 3. The van der Waals surface area contributed by atoms with Gasteiger partial charge in [-0.1, -0.05) is 12.1 Å². The number of hydrogen-bond acceptors (Lipinski definition) is 5. The van der Waals surface area contributed by atoms with Crippen molar-refractivity contribution in [1.82, 2.24) is 20.1 Å². The molecule has 0 aliphatic heterocycles. The predicted octanol–water partition coefficient (Wildman–Crippen LogP) is 1.03. The molecule has 1 amide bonds. The fraction of sp³-hybridized carbons (Fsp3) is 0.357. The van der Waals surface area contributed by atoms with E-state index < -0.39 is 0 Å². The van der Waals surface area contributed by atoms with Crippen molar-refractivity contribution in [3.8, 4) is 5.75 Å². The number of carbonyl (C=O) groups excluding carboxylic acids is 1. The van der Waals surface area contributed by atoms with Crippen molar-refractivity contribution in [2.45, 2.75) is 20.0 Å². The number of anilines is 1. The first-order valence-electron chi connectivity index (χ1n) is 6.75. The van der Waals surface area contributed by atoms with Gasteiger partial charge in [0.25, 0.3) is 0 Å². The quantitative estimate of drug-likeness (QED) is 0.796. The molecule has 0 saturated carbocycles. The molecule has 0 radical (unpaired) electrons. The lowest BCUT2D eigenvalue weighted by molar-refractivity contribution is -0.115. The largest absolute Gasteiger partial charge is 0.495 e. The molecule has 0 aliphatic carbocycles. The van der Waals surface area contributed by atoms with E-state index in [1.54, 1.807) is 25.6 Å². The smallest absolute Gasteiger partial charge is 0.238 e. The number of benzene rings is 1. The highest BCUT2D eigenvalue weighted by Crippen LogP contribution is 2.22. The van der Waals surface area contributed by atoms with Crippen LogP contribution in [0.1, 0.15) is 12.7 Å². The van der Waals surface area contributed by atoms with Crippen LogP contribution in [-0.2, 0) is 17.9 Å². The third kappa shape index (κ3) is 4.03. The lowest BCUT2D eigenvalue weighted by Gasteiger charge is -2.10. The van der Waals surface area contributed by atoms with Crippen LogP contribution in [0.4, 0.5) is 5.69 Å². The van der Waals surface area contributed by atoms with Crippen molar-refractivity contribution < 1.29 is 9.53 Å². The average molecular weight is 289 g/mol. The second-order valence-electron chi connectivity index (χ2n) is 4.39. The zero-order valence-corrected chi connectivity index (χ0v) is 12.2. The SMILES string of the molecule is CCn1cnnc1CNCC(=O)Nc1ccccc1OC. The monoisotopic (exact) mass is 289 g/mol. The number of ether oxygens (including phenoxy) is 1. The minimum absolute atomic E-state index is 0.137. The molecular formula is C14H19N5O2. The van der Waals surface area contributed by atoms with Crippen LogP contribution in [0.3, 0.4) is 0 Å². The van der Waals surface area contributed by atoms with Crippen molar-refractivity contribution in [3.63, 3.8) is 0 Å². The molecule has 0 unspecified atom stereocenters. The summed E-state index contributed by atoms with van der Waals surface area (Å²) < 4.78 is 7.10. The van der Waals surface area contributed by atoms with Gasteiger partial charge in [0.15, 0.2) is 0 Å². The molecule has 7 nitrogen and oxygen atoms in total. The van der Waals surface area contributed by atoms with E-state index in [0.29, 0.717) is 18.0 Å². The number of hydrogen-bond donors (Lipinski definition) is 2. The summed E-state index contributed by atoms with van der Waals surface area (Å²) in [5.74, 6) is 1.31. The molecule has 2 N–H and O–H groups in total. The number of aryl methyl sites for hydroxylation is 1. The van der Waals surface area contributed by atoms with Crippen LogP contribution in [0.2, 0.25) is 0 Å². The Morgan fingerprint density at radius 2 is 2.19 bits per heavy atom. The molecule has 0 fully saturated rings. The number of amides is 1. The van der Waals surface area contributed by atoms with Gasteiger partial charge < -0.3 is 19.9 Å². The average Bonchev–Trinajstić information content (AvgIpc) is 2.95. The van der Waals surface area contributed by atoms with Crippen LogP contribution in [0.25, 0.3) is 0 Å². The molecule has 21 heavy (non-hydrogen) atoms. The maximum Gasteiger partial charge on any atom is 0.238 e. The summed E-state index contributed by atoms with van der Waals surface area (Å²) in [6.45, 7) is 3.50. The lowest BCUT2D eigenvalue weighted by atomic mass is 10.3. The first kappa shape index (κ1) is 15.0. The zero-order valence-electron chi connectivity index (χ0n) is 12.2. The minimum atomic E-state index is -0.137. The highest BCUT2D eigenvalue weighted by atomic mass is 16.5. The van der Waals surface area contributed by atoms with Gasteiger partial charge >= 0.3 is 0 Å². The molecule has 112 valence electrons. The van der Waals surface area contributed by atoms with E-state index in [1.165, 1.54) is 0 Å². The van der Waals surface area contributed by atoms with E-state index in [2.05, 4.69) is 20.8 Å². The summed E-state index contributed by atoms with van der Waals surface area (Å²) in [5, 5.41) is 13.7. The van der Waals surface area contributed by atoms with Gasteiger partial charge in [-0.05, 0) is 19.1 Å². The summed E-state index contributed by atoms with van der Waals surface area (Å²) >= 11 is 0. The summed E-state index contributed by atoms with van der Waals surface area (Å²) in [6, 6.07) is 7.29. The maximum atomic E-state index is 11.9. The fourth-order valence-electron chi connectivity index (χ4n) is 1.91. The van der Waals surface area contributed by atoms with Crippen LogP contribution < -0.4 is 15.4 Å². The Kier molecular flexibility index (Phi) is 5.28. The van der Waals surface area contributed by atoms with Crippen LogP contribution >= 0.6 is 0 Å². The van der Waals surface area contributed by atoms with Gasteiger partial charge in [0.05, 0.1) is 25.9 Å². The summed E-state index contributed by atoms with van der Waals surface area (Å²) in [5.41, 5.74) is 0.656. The molecule has 1 heterocycles. The Labute approximate surface area is 123 Å². The molecule has 0 aliphatic rings. The number of nitrogens with one attached hydrogen (secondary N) is 2. The van der Waals surface area contributed by atoms with Crippen LogP contribution in [0, 0.1) is 0 Å². The molecule has 1 aromatic carbocycles. The van der Waals surface area contributed by atoms with Gasteiger partial charge in [0.2, 0.25) is 5.91 Å². The Morgan fingerprint density at radius 3 is 2.95 bits per heavy atom. The lowest BCUT2D eigenvalue weighted by Crippen LogP contribution is -2.28. The Hall–Kier alpha value is -2.41. The van der Waals surface area contributed by atoms with Gasteiger partial charge in [-0.3, -0.25) is 4.79 Å². The molecule has 0 bridgehead atoms. The van der Waals surface area contributed by atoms with Gasteiger partial charge in [-0.15, -0.1) is 10.2 Å². The van der Waals surface area contributed by atoms with Gasteiger partial charge in [0, 0.05) is 6.54 Å². The molecule has 7 heteroatoms. The Morgan fingerprint density at radius 1 is 1.38 bits per heavy atom. The van der Waals surface area contributed by atoms with Crippen LogP contribution in [-0.4, -0.2) is 34.3 Å². The van der Waals surface area contributed by atoms with E-state index in [-0.39, 0.29) is 12.5 Å². The van der Waals surface area contributed by atoms with Crippen molar-refractivity contribution in [2.75, 3.05) is 19.0 Å². The van der Waals surface area contributed by atoms with Gasteiger partial charge in [-0.2, -0.15) is 0 Å². The highest BCUT2D eigenvalue weighted by molar-refractivity contribution is 5.93. The van der Waals surface area contributed by atoms with Crippen molar-refractivity contribution >= 4 is 11.6 Å². The number of carbonyl (C=O) groups is 1. The van der Waals surface area contributed by atoms with Crippen LogP contribution in [0.15, 0.2) is 30.6 Å². The van der Waals surface area contributed by atoms with E-state index in [1.807, 2.05) is 23.6 Å². The van der Waals surface area contributed by atoms with E-state index in [4.69, 9.17) is 4.74 Å². The second-order valence-corrected chi connectivity index (χ2v) is 4.39. The molecule has 0 spiro atoms. The molecule has 0 saturated heterocycles. The maximum absolute atomic E-state index is 11.9. The van der Waals surface area contributed by atoms with Crippen molar-refractivity contribution in [2.24, 2.45) is 0 Å². The first-order chi connectivity index (χ1) is 10.2. The fourth-order valence-corrected chi connectivity index (χ4v) is 1.91. The van der Waals surface area contributed by atoms with E-state index >= 15 is 0 Å². The standard InChI is InChI=1S/C14H19N5O2/c1-3-19-10-16-18-13(19)8-15-9-14(20)17-11-6-4-5-7-12(11)21-2/h4-7,10,15H,3,8-9H2,1-2H3,(H,17,20). The topological polar surface area (TPSA) is 81.1 Å². The van der Waals surface area contributed by atoms with Crippen molar-refractivity contribution in [3.05, 3.63) is 36.4 Å². The minimum Gasteiger partial charge on any atom is -0.495 e. The van der Waals surface area contributed by atoms with Crippen molar-refractivity contribution in [1.29, 1.82) is 0 Å². The Bertz CT molecular complexity index is 597. The molecule has 0 atom stereocenters. The predicted molar refractivity (Wildman–Crippen MR) is 79.0 cm³/mol. The highest BCUT2D eigenvalue weighted by Gasteiger charge is 2.07. The third-order valence-corrected chi connectivity index (χ3v) is 2.99. The first-order valence-corrected chi connectivity index (χ1v) is 6.75. The number of methoxy groups -OCH3 is 1. The van der Waals surface area contributed by atoms with E-state index in [9.17, 15) is 4.79 Å². The van der Waals surface area contributed by atoms with Gasteiger partial charge in [-0.25, -0.2) is 0 Å². The summed E-state index contributed by atoms with van der Waals surface area (Å²) in [4.78, 5) is 11.9. The summed E-state index contributed by atoms with van der Waals surface area (Å²) in [7, 11) is 1.57. The number of nitrogens with zero attached hydrogens (tertiary/aromatic N) is 3. The molecule has 2 aromatic rings. The molecule has 1 aromatic heterocycles. The summed E-state index contributed by atoms with van der Waals surface area (Å²) in [6.07, 6.45) is 1.67. The van der Waals surface area contributed by atoms with E-state index in [0.717, 1.165) is 12.4 Å².